The molecule has 142 valence electrons. The molecule has 0 saturated carbocycles. The zero-order chi connectivity index (χ0) is 19.5. The lowest BCUT2D eigenvalue weighted by molar-refractivity contribution is -0.143. The van der Waals surface area contributed by atoms with E-state index in [1.54, 1.807) is 12.1 Å². The van der Waals surface area contributed by atoms with E-state index in [-0.39, 0.29) is 18.6 Å². The smallest absolute Gasteiger partial charge is 0.323 e. The number of ether oxygens (including phenoxy) is 2. The van der Waals surface area contributed by atoms with E-state index < -0.39 is 6.04 Å². The zero-order valence-corrected chi connectivity index (χ0v) is 15.3. The molecule has 0 aliphatic carbocycles. The number of amides is 1. The first-order valence-electron chi connectivity index (χ1n) is 8.57. The molecule has 0 saturated heterocycles. The SMILES string of the molecule is C=CC(=O)Nc1ccc(CC(NCOCc2ccccc2)C(=O)OC)cc1. The molecule has 0 heterocycles. The van der Waals surface area contributed by atoms with Gasteiger partial charge in [0.2, 0.25) is 5.91 Å². The zero-order valence-electron chi connectivity index (χ0n) is 15.3. The molecule has 0 aliphatic heterocycles. The third-order valence-corrected chi connectivity index (χ3v) is 3.88. The molecule has 2 rings (SSSR count). The number of esters is 1. The highest BCUT2D eigenvalue weighted by Gasteiger charge is 2.19. The second-order valence-corrected chi connectivity index (χ2v) is 5.85. The van der Waals surface area contributed by atoms with Crippen LogP contribution in [0.2, 0.25) is 0 Å². The molecule has 6 nitrogen and oxygen atoms in total. The van der Waals surface area contributed by atoms with Crippen LogP contribution in [0, 0.1) is 0 Å². The van der Waals surface area contributed by atoms with Crippen molar-refractivity contribution in [1.82, 2.24) is 5.32 Å². The Balaban J connectivity index is 1.87. The number of hydrogen-bond donors (Lipinski definition) is 2. The van der Waals surface area contributed by atoms with Gasteiger partial charge in [0.15, 0.2) is 0 Å². The van der Waals surface area contributed by atoms with Crippen LogP contribution in [0.3, 0.4) is 0 Å². The van der Waals surface area contributed by atoms with Crippen LogP contribution in [-0.4, -0.2) is 31.8 Å². The summed E-state index contributed by atoms with van der Waals surface area (Å²) in [5, 5.41) is 5.74. The molecule has 1 unspecified atom stereocenters. The molecular weight excluding hydrogens is 344 g/mol. The fraction of sp³-hybridized carbons (Fsp3) is 0.238. The molecule has 6 heteroatoms. The fourth-order valence-corrected chi connectivity index (χ4v) is 2.44. The van der Waals surface area contributed by atoms with Gasteiger partial charge in [-0.1, -0.05) is 49.0 Å². The summed E-state index contributed by atoms with van der Waals surface area (Å²) in [6.45, 7) is 4.10. The van der Waals surface area contributed by atoms with E-state index in [9.17, 15) is 9.59 Å². The van der Waals surface area contributed by atoms with Crippen molar-refractivity contribution in [3.8, 4) is 0 Å². The largest absolute Gasteiger partial charge is 0.468 e. The normalized spacial score (nSPS) is 11.4. The third-order valence-electron chi connectivity index (χ3n) is 3.88. The Hall–Kier alpha value is -2.96. The van der Waals surface area contributed by atoms with Crippen molar-refractivity contribution in [2.45, 2.75) is 19.1 Å². The Morgan fingerprint density at radius 1 is 1.07 bits per heavy atom. The lowest BCUT2D eigenvalue weighted by Gasteiger charge is -2.17. The lowest BCUT2D eigenvalue weighted by atomic mass is 10.1. The van der Waals surface area contributed by atoms with E-state index in [0.29, 0.717) is 18.7 Å². The monoisotopic (exact) mass is 368 g/mol. The quantitative estimate of drug-likeness (QED) is 0.292. The maximum atomic E-state index is 12.0. The standard InChI is InChI=1S/C21H24N2O4/c1-3-20(24)23-18-11-9-16(10-12-18)13-19(21(25)26-2)22-15-27-14-17-7-5-4-6-8-17/h3-12,19,22H,1,13-15H2,2H3,(H,23,24). The van der Waals surface area contributed by atoms with Crippen LogP contribution in [-0.2, 0) is 32.1 Å². The van der Waals surface area contributed by atoms with Gasteiger partial charge < -0.3 is 14.8 Å². The molecule has 0 spiro atoms. The Morgan fingerprint density at radius 2 is 1.78 bits per heavy atom. The first-order valence-corrected chi connectivity index (χ1v) is 8.57. The minimum Gasteiger partial charge on any atom is -0.468 e. The van der Waals surface area contributed by atoms with Gasteiger partial charge in [-0.25, -0.2) is 0 Å². The third kappa shape index (κ3) is 7.05. The molecule has 27 heavy (non-hydrogen) atoms. The minimum atomic E-state index is -0.528. The Labute approximate surface area is 159 Å². The number of methoxy groups -OCH3 is 1. The number of hydrogen-bond acceptors (Lipinski definition) is 5. The van der Waals surface area contributed by atoms with Crippen LogP contribution >= 0.6 is 0 Å². The van der Waals surface area contributed by atoms with Crippen molar-refractivity contribution in [2.75, 3.05) is 19.2 Å². The van der Waals surface area contributed by atoms with Crippen molar-refractivity contribution in [1.29, 1.82) is 0 Å². The van der Waals surface area contributed by atoms with Crippen LogP contribution in [0.15, 0.2) is 67.3 Å². The summed E-state index contributed by atoms with van der Waals surface area (Å²) in [4.78, 5) is 23.3. The number of rotatable bonds is 10. The summed E-state index contributed by atoms with van der Waals surface area (Å²) in [7, 11) is 1.36. The molecular formula is C21H24N2O4. The van der Waals surface area contributed by atoms with Crippen LogP contribution in [0.25, 0.3) is 0 Å². The van der Waals surface area contributed by atoms with Crippen LogP contribution in [0.5, 0.6) is 0 Å². The Morgan fingerprint density at radius 3 is 2.41 bits per heavy atom. The number of carbonyl (C=O) groups excluding carboxylic acids is 2. The van der Waals surface area contributed by atoms with Crippen LogP contribution < -0.4 is 10.6 Å². The van der Waals surface area contributed by atoms with Gasteiger partial charge in [0.1, 0.15) is 6.04 Å². The molecule has 1 amide bonds. The van der Waals surface area contributed by atoms with Gasteiger partial charge in [-0.05, 0) is 35.8 Å². The van der Waals surface area contributed by atoms with E-state index in [0.717, 1.165) is 11.1 Å². The fourth-order valence-electron chi connectivity index (χ4n) is 2.44. The average molecular weight is 368 g/mol. The molecule has 0 radical (unpaired) electrons. The highest BCUT2D eigenvalue weighted by molar-refractivity contribution is 5.98. The summed E-state index contributed by atoms with van der Waals surface area (Å²) in [5.41, 5.74) is 2.65. The van der Waals surface area contributed by atoms with E-state index in [1.165, 1.54) is 13.2 Å². The summed E-state index contributed by atoms with van der Waals surface area (Å²) in [6.07, 6.45) is 1.65. The second-order valence-electron chi connectivity index (χ2n) is 5.85. The van der Waals surface area contributed by atoms with Crippen LogP contribution in [0.4, 0.5) is 5.69 Å². The van der Waals surface area contributed by atoms with Crippen molar-refractivity contribution in [3.05, 3.63) is 78.4 Å². The molecule has 1 atom stereocenters. The molecule has 0 bridgehead atoms. The summed E-state index contributed by atoms with van der Waals surface area (Å²) in [6, 6.07) is 16.5. The van der Waals surface area contributed by atoms with Gasteiger partial charge in [-0.15, -0.1) is 0 Å². The molecule has 2 aromatic rings. The Kier molecular flexibility index (Phi) is 8.22. The molecule has 0 aliphatic rings. The Bertz CT molecular complexity index is 745. The maximum Gasteiger partial charge on any atom is 0.323 e. The number of anilines is 1. The van der Waals surface area contributed by atoms with Gasteiger partial charge in [0.25, 0.3) is 0 Å². The van der Waals surface area contributed by atoms with Crippen molar-refractivity contribution >= 4 is 17.6 Å². The summed E-state index contributed by atoms with van der Waals surface area (Å²) >= 11 is 0. The van der Waals surface area contributed by atoms with Crippen molar-refractivity contribution in [3.63, 3.8) is 0 Å². The first-order chi connectivity index (χ1) is 13.1. The molecule has 2 aromatic carbocycles. The maximum absolute atomic E-state index is 12.0. The van der Waals surface area contributed by atoms with E-state index in [1.807, 2.05) is 42.5 Å². The predicted octanol–water partition coefficient (Wildman–Crippen LogP) is 2.66. The second kappa shape index (κ2) is 10.9. The highest BCUT2D eigenvalue weighted by atomic mass is 16.5. The molecule has 0 aromatic heterocycles. The first kappa shape index (κ1) is 20.4. The lowest BCUT2D eigenvalue weighted by Crippen LogP contribution is -2.40. The van der Waals surface area contributed by atoms with Gasteiger partial charge >= 0.3 is 5.97 Å². The van der Waals surface area contributed by atoms with E-state index in [2.05, 4.69) is 17.2 Å². The average Bonchev–Trinajstić information content (AvgIpc) is 2.71. The summed E-state index contributed by atoms with van der Waals surface area (Å²) < 4.78 is 10.4. The predicted molar refractivity (Wildman–Crippen MR) is 104 cm³/mol. The van der Waals surface area contributed by atoms with E-state index >= 15 is 0 Å². The van der Waals surface area contributed by atoms with Gasteiger partial charge in [0.05, 0.1) is 20.4 Å². The molecule has 0 fully saturated rings. The summed E-state index contributed by atoms with van der Waals surface area (Å²) in [5.74, 6) is -0.630. The van der Waals surface area contributed by atoms with Gasteiger partial charge in [-0.2, -0.15) is 0 Å². The minimum absolute atomic E-state index is 0.224. The number of nitrogens with one attached hydrogen (secondary N) is 2. The highest BCUT2D eigenvalue weighted by Crippen LogP contribution is 2.12. The van der Waals surface area contributed by atoms with E-state index in [4.69, 9.17) is 9.47 Å². The van der Waals surface area contributed by atoms with Gasteiger partial charge in [-0.3, -0.25) is 14.9 Å². The van der Waals surface area contributed by atoms with Gasteiger partial charge in [0, 0.05) is 5.69 Å². The van der Waals surface area contributed by atoms with Crippen molar-refractivity contribution in [2.24, 2.45) is 0 Å². The topological polar surface area (TPSA) is 76.7 Å². The van der Waals surface area contributed by atoms with Crippen molar-refractivity contribution < 1.29 is 19.1 Å². The number of benzene rings is 2. The molecule has 2 N–H and O–H groups in total. The van der Waals surface area contributed by atoms with Crippen LogP contribution in [0.1, 0.15) is 11.1 Å². The number of carbonyl (C=O) groups is 2.